The molecule has 6 aromatic rings. The smallest absolute Gasteiger partial charge is 0.350 e. The molecule has 306 valence electrons. The Balaban J connectivity index is 0.755. The van der Waals surface area contributed by atoms with E-state index in [2.05, 4.69) is 73.2 Å². The van der Waals surface area contributed by atoms with Crippen molar-refractivity contribution in [2.75, 3.05) is 62.3 Å². The van der Waals surface area contributed by atoms with Crippen LogP contribution in [0, 0.1) is 11.6 Å². The SMILES string of the molecule is CC(c1ccccc1)N1CCC(n2ncn(-c3ccc(N4CCN(c5ccc(OCC6COC(Cn7cncn7)(c7ccc(F)cc7F)O6)cc5)CC4)cc3)c2=O)CC1. The summed E-state index contributed by atoms with van der Waals surface area (Å²) in [5.74, 6) is -2.30. The van der Waals surface area contributed by atoms with Crippen LogP contribution in [0.5, 0.6) is 5.75 Å². The molecule has 5 heterocycles. The zero-order chi connectivity index (χ0) is 40.3. The second-order valence-corrected chi connectivity index (χ2v) is 15.4. The molecule has 3 aliphatic heterocycles. The van der Waals surface area contributed by atoms with Crippen molar-refractivity contribution in [3.8, 4) is 11.4 Å². The summed E-state index contributed by atoms with van der Waals surface area (Å²) in [6, 6.07) is 30.4. The summed E-state index contributed by atoms with van der Waals surface area (Å²) in [6.45, 7) is 7.84. The number of hydrogen-bond donors (Lipinski definition) is 0. The van der Waals surface area contributed by atoms with Crippen LogP contribution < -0.4 is 20.2 Å². The Morgan fingerprint density at radius 1 is 0.814 bits per heavy atom. The number of likely N-dealkylation sites (tertiary alicyclic amines) is 1. The Bertz CT molecular complexity index is 2360. The van der Waals surface area contributed by atoms with E-state index in [4.69, 9.17) is 14.2 Å². The summed E-state index contributed by atoms with van der Waals surface area (Å²) in [5.41, 5.74) is 4.31. The monoisotopic (exact) mass is 803 g/mol. The lowest BCUT2D eigenvalue weighted by Gasteiger charge is -2.37. The van der Waals surface area contributed by atoms with Crippen LogP contribution >= 0.6 is 0 Å². The maximum Gasteiger partial charge on any atom is 0.350 e. The molecule has 9 rings (SSSR count). The number of halogens is 2. The van der Waals surface area contributed by atoms with Crippen molar-refractivity contribution in [2.45, 2.75) is 50.3 Å². The second kappa shape index (κ2) is 16.8. The van der Waals surface area contributed by atoms with Gasteiger partial charge >= 0.3 is 5.69 Å². The van der Waals surface area contributed by atoms with E-state index in [9.17, 15) is 13.6 Å². The van der Waals surface area contributed by atoms with E-state index in [0.717, 1.165) is 75.2 Å². The molecule has 0 amide bonds. The predicted octanol–water partition coefficient (Wildman–Crippen LogP) is 5.98. The zero-order valence-electron chi connectivity index (χ0n) is 32.9. The van der Waals surface area contributed by atoms with Crippen molar-refractivity contribution in [3.05, 3.63) is 149 Å². The lowest BCUT2D eigenvalue weighted by Crippen LogP contribution is -2.46. The van der Waals surface area contributed by atoms with E-state index in [-0.39, 0.29) is 37.1 Å². The molecule has 13 nitrogen and oxygen atoms in total. The Kier molecular flexibility index (Phi) is 11.0. The van der Waals surface area contributed by atoms with E-state index in [1.165, 1.54) is 35.0 Å². The number of piperazine rings is 1. The third kappa shape index (κ3) is 8.22. The molecule has 0 saturated carbocycles. The van der Waals surface area contributed by atoms with Crippen LogP contribution in [0.4, 0.5) is 20.2 Å². The Morgan fingerprint density at radius 3 is 2.15 bits per heavy atom. The van der Waals surface area contributed by atoms with Gasteiger partial charge < -0.3 is 24.0 Å². The van der Waals surface area contributed by atoms with Gasteiger partial charge in [0.15, 0.2) is 0 Å². The first-order valence-corrected chi connectivity index (χ1v) is 20.2. The van der Waals surface area contributed by atoms with Gasteiger partial charge in [0.2, 0.25) is 5.79 Å². The minimum absolute atomic E-state index is 0.0307. The lowest BCUT2D eigenvalue weighted by atomic mass is 10.0. The molecule has 0 spiro atoms. The molecule has 3 atom stereocenters. The average Bonchev–Trinajstić information content (AvgIpc) is 4.04. The van der Waals surface area contributed by atoms with Gasteiger partial charge in [0.1, 0.15) is 55.6 Å². The summed E-state index contributed by atoms with van der Waals surface area (Å²) in [4.78, 5) is 24.7. The summed E-state index contributed by atoms with van der Waals surface area (Å²) in [5, 5.41) is 8.67. The largest absolute Gasteiger partial charge is 0.491 e. The van der Waals surface area contributed by atoms with Crippen molar-refractivity contribution >= 4 is 11.4 Å². The molecule has 15 heteroatoms. The van der Waals surface area contributed by atoms with Gasteiger partial charge in [-0.15, -0.1) is 0 Å². The highest BCUT2D eigenvalue weighted by Crippen LogP contribution is 2.38. The van der Waals surface area contributed by atoms with Gasteiger partial charge in [-0.3, -0.25) is 4.90 Å². The molecule has 59 heavy (non-hydrogen) atoms. The van der Waals surface area contributed by atoms with Crippen LogP contribution in [0.3, 0.4) is 0 Å². The number of nitrogens with zero attached hydrogens (tertiary/aromatic N) is 9. The van der Waals surface area contributed by atoms with Gasteiger partial charge in [0, 0.05) is 68.3 Å². The fourth-order valence-corrected chi connectivity index (χ4v) is 8.48. The van der Waals surface area contributed by atoms with Crippen LogP contribution in [0.25, 0.3) is 5.69 Å². The van der Waals surface area contributed by atoms with E-state index in [0.29, 0.717) is 11.8 Å². The van der Waals surface area contributed by atoms with Gasteiger partial charge in [0.25, 0.3) is 0 Å². The van der Waals surface area contributed by atoms with Gasteiger partial charge in [-0.25, -0.2) is 32.5 Å². The molecular weight excluding hydrogens is 757 g/mol. The first-order chi connectivity index (χ1) is 28.8. The summed E-state index contributed by atoms with van der Waals surface area (Å²) in [7, 11) is 0. The summed E-state index contributed by atoms with van der Waals surface area (Å²) >= 11 is 0. The molecule has 3 unspecified atom stereocenters. The van der Waals surface area contributed by atoms with E-state index >= 15 is 0 Å². The number of piperidine rings is 1. The molecule has 3 aliphatic rings. The average molecular weight is 804 g/mol. The zero-order valence-corrected chi connectivity index (χ0v) is 32.9. The summed E-state index contributed by atoms with van der Waals surface area (Å²) < 4.78 is 51.9. The molecule has 0 N–H and O–H groups in total. The van der Waals surface area contributed by atoms with Gasteiger partial charge in [-0.05, 0) is 86.0 Å². The predicted molar refractivity (Wildman–Crippen MR) is 218 cm³/mol. The summed E-state index contributed by atoms with van der Waals surface area (Å²) in [6.07, 6.45) is 5.77. The highest BCUT2D eigenvalue weighted by atomic mass is 19.1. The van der Waals surface area contributed by atoms with Crippen molar-refractivity contribution in [3.63, 3.8) is 0 Å². The number of aromatic nitrogens is 6. The molecule has 3 saturated heterocycles. The number of benzene rings is 4. The maximum absolute atomic E-state index is 14.9. The van der Waals surface area contributed by atoms with Crippen LogP contribution in [0.2, 0.25) is 0 Å². The fourth-order valence-electron chi connectivity index (χ4n) is 8.48. The number of hydrogen-bond acceptors (Lipinski definition) is 10. The molecule has 0 radical (unpaired) electrons. The third-order valence-corrected chi connectivity index (χ3v) is 11.8. The van der Waals surface area contributed by atoms with E-state index in [1.54, 1.807) is 15.6 Å². The van der Waals surface area contributed by atoms with Crippen molar-refractivity contribution < 1.29 is 23.0 Å². The highest BCUT2D eigenvalue weighted by Gasteiger charge is 2.46. The van der Waals surface area contributed by atoms with Crippen molar-refractivity contribution in [1.82, 2.24) is 34.0 Å². The number of ether oxygens (including phenoxy) is 3. The van der Waals surface area contributed by atoms with Crippen LogP contribution in [0.1, 0.15) is 43.0 Å². The lowest BCUT2D eigenvalue weighted by molar-refractivity contribution is -0.192. The van der Waals surface area contributed by atoms with Gasteiger partial charge in [0.05, 0.1) is 18.3 Å². The van der Waals surface area contributed by atoms with Crippen molar-refractivity contribution in [2.24, 2.45) is 0 Å². The first-order valence-electron chi connectivity index (χ1n) is 20.2. The molecule has 0 bridgehead atoms. The molecule has 0 aliphatic carbocycles. The Labute approximate surface area is 341 Å². The quantitative estimate of drug-likeness (QED) is 0.147. The topological polar surface area (TPSA) is 108 Å². The Morgan fingerprint density at radius 2 is 1.49 bits per heavy atom. The van der Waals surface area contributed by atoms with Crippen LogP contribution in [-0.2, 0) is 21.8 Å². The number of anilines is 2. The minimum Gasteiger partial charge on any atom is -0.491 e. The van der Waals surface area contributed by atoms with Gasteiger partial charge in [-0.1, -0.05) is 30.3 Å². The Hall–Kier alpha value is -5.90. The van der Waals surface area contributed by atoms with Crippen LogP contribution in [0.15, 0.2) is 121 Å². The first kappa shape index (κ1) is 38.6. The molecule has 2 aromatic heterocycles. The van der Waals surface area contributed by atoms with E-state index < -0.39 is 23.5 Å². The van der Waals surface area contributed by atoms with Gasteiger partial charge in [-0.2, -0.15) is 10.2 Å². The number of rotatable bonds is 12. The van der Waals surface area contributed by atoms with E-state index in [1.807, 2.05) is 42.5 Å². The molecule has 4 aromatic carbocycles. The normalized spacial score (nSPS) is 20.9. The maximum atomic E-state index is 14.9. The fraction of sp³-hybridized carbons (Fsp3) is 0.364. The third-order valence-electron chi connectivity index (χ3n) is 11.8. The van der Waals surface area contributed by atoms with Crippen LogP contribution in [-0.4, -0.2) is 92.6 Å². The highest BCUT2D eigenvalue weighted by molar-refractivity contribution is 5.54. The second-order valence-electron chi connectivity index (χ2n) is 15.4. The standard InChI is InChI=1S/C44H47F2N9O4/c1-32(33-5-3-2-4-6-33)50-19-17-38(18-20-50)55-43(56)54(31-49-55)37-10-8-35(9-11-37)51-21-23-52(24-22-51)36-12-14-39(15-13-36)57-26-40-27-58-44(59-40,28-53-30-47-29-48-53)41-16-7-34(45)25-42(41)46/h2-16,25,29-32,38,40H,17-24,26-28H2,1H3. The molecular formula is C44H47F2N9O4. The van der Waals surface area contributed by atoms with Crippen molar-refractivity contribution in [1.29, 1.82) is 0 Å². The molecule has 3 fully saturated rings. The minimum atomic E-state index is -1.52.